The van der Waals surface area contributed by atoms with E-state index in [4.69, 9.17) is 14.2 Å². The number of esters is 3. The van der Waals surface area contributed by atoms with Gasteiger partial charge < -0.3 is 14.2 Å². The van der Waals surface area contributed by atoms with Crippen LogP contribution >= 0.6 is 11.3 Å². The maximum Gasteiger partial charge on any atom is 0.348 e. The third-order valence-electron chi connectivity index (χ3n) is 5.17. The molecule has 7 heteroatoms. The summed E-state index contributed by atoms with van der Waals surface area (Å²) in [5.41, 5.74) is 0.300. The van der Waals surface area contributed by atoms with Gasteiger partial charge in [0.15, 0.2) is 0 Å². The number of hydrogen-bond donors (Lipinski definition) is 0. The molecule has 0 saturated carbocycles. The minimum atomic E-state index is -0.710. The largest absolute Gasteiger partial charge is 0.469 e. The lowest BCUT2D eigenvalue weighted by Crippen LogP contribution is -2.32. The van der Waals surface area contributed by atoms with Crippen molar-refractivity contribution >= 4 is 29.2 Å². The maximum atomic E-state index is 12.6. The van der Waals surface area contributed by atoms with E-state index in [0.29, 0.717) is 17.7 Å². The lowest BCUT2D eigenvalue weighted by Gasteiger charge is -2.27. The Morgan fingerprint density at radius 3 is 2.21 bits per heavy atom. The number of ether oxygens (including phenoxy) is 3. The number of aryl methyl sites for hydroxylation is 2. The zero-order chi connectivity index (χ0) is 23.8. The van der Waals surface area contributed by atoms with Crippen LogP contribution in [0.3, 0.4) is 0 Å². The fourth-order valence-corrected chi connectivity index (χ4v) is 4.74. The Labute approximate surface area is 212 Å². The topological polar surface area (TPSA) is 78.9 Å². The summed E-state index contributed by atoms with van der Waals surface area (Å²) in [6.45, 7) is 13.3. The second-order valence-electron chi connectivity index (χ2n) is 9.13. The van der Waals surface area contributed by atoms with Crippen molar-refractivity contribution in [1.29, 1.82) is 0 Å². The van der Waals surface area contributed by atoms with Crippen LogP contribution in [-0.4, -0.2) is 37.7 Å². The van der Waals surface area contributed by atoms with Crippen molar-refractivity contribution in [3.63, 3.8) is 0 Å². The lowest BCUT2D eigenvalue weighted by molar-refractivity contribution is -0.157. The summed E-state index contributed by atoms with van der Waals surface area (Å²) in [5.74, 6) is -1.03. The first-order valence-electron chi connectivity index (χ1n) is 11.0. The molecule has 0 aromatic carbocycles. The van der Waals surface area contributed by atoms with Gasteiger partial charge >= 0.3 is 17.9 Å². The molecule has 0 saturated heterocycles. The molecule has 1 rings (SSSR count). The number of rotatable bonds is 12. The number of hydrogen-bond acceptors (Lipinski definition) is 7. The zero-order valence-corrected chi connectivity index (χ0v) is 21.0. The first-order chi connectivity index (χ1) is 14.4. The molecule has 1 heterocycles. The van der Waals surface area contributed by atoms with Crippen LogP contribution in [0, 0.1) is 24.2 Å². The summed E-state index contributed by atoms with van der Waals surface area (Å²) in [6, 6.07) is 2.03. The normalized spacial score (nSPS) is 13.2. The van der Waals surface area contributed by atoms with Gasteiger partial charge in [-0.2, -0.15) is 0 Å². The predicted molar refractivity (Wildman–Crippen MR) is 142 cm³/mol. The standard InChI is InChI=1S/C24H38O6S.3CH4/c1-9-10-19-12-18(5)31-20(19)22(26)30-17(4)14-29-23(27)24(6,7)13-15(2)11-16(3)21(25)28-8;;;/h12,15-17H,9-11,13-14H2,1-8H3;3*1H4. The summed E-state index contributed by atoms with van der Waals surface area (Å²) in [5, 5.41) is 0. The third kappa shape index (κ3) is 11.5. The predicted octanol–water partition coefficient (Wildman–Crippen LogP) is 7.26. The van der Waals surface area contributed by atoms with E-state index in [1.54, 1.807) is 6.92 Å². The molecular weight excluding hydrogens is 452 g/mol. The highest BCUT2D eigenvalue weighted by molar-refractivity contribution is 7.14. The molecule has 3 unspecified atom stereocenters. The highest BCUT2D eigenvalue weighted by atomic mass is 32.1. The van der Waals surface area contributed by atoms with Crippen molar-refractivity contribution in [2.45, 2.75) is 103 Å². The first-order valence-corrected chi connectivity index (χ1v) is 11.8. The molecule has 0 spiro atoms. The van der Waals surface area contributed by atoms with E-state index in [2.05, 4.69) is 6.92 Å². The molecule has 0 aliphatic carbocycles. The average molecular weight is 503 g/mol. The van der Waals surface area contributed by atoms with Gasteiger partial charge in [-0.1, -0.05) is 49.5 Å². The quantitative estimate of drug-likeness (QED) is 0.221. The summed E-state index contributed by atoms with van der Waals surface area (Å²) < 4.78 is 15.7. The molecule has 200 valence electrons. The minimum Gasteiger partial charge on any atom is -0.469 e. The molecule has 1 aromatic heterocycles. The third-order valence-corrected chi connectivity index (χ3v) is 6.24. The van der Waals surface area contributed by atoms with Gasteiger partial charge in [0.05, 0.1) is 18.4 Å². The summed E-state index contributed by atoms with van der Waals surface area (Å²) in [7, 11) is 1.38. The number of methoxy groups -OCH3 is 1. The molecule has 0 fully saturated rings. The second-order valence-corrected chi connectivity index (χ2v) is 10.4. The molecule has 0 radical (unpaired) electrons. The molecule has 0 N–H and O–H groups in total. The SMILES string of the molecule is C.C.C.CCCc1cc(C)sc1C(=O)OC(C)COC(=O)C(C)(C)CC(C)CC(C)C(=O)OC. The lowest BCUT2D eigenvalue weighted by atomic mass is 9.80. The average Bonchev–Trinajstić information content (AvgIpc) is 3.05. The van der Waals surface area contributed by atoms with Crippen LogP contribution in [0.2, 0.25) is 0 Å². The molecule has 3 atom stereocenters. The van der Waals surface area contributed by atoms with Gasteiger partial charge in [-0.3, -0.25) is 9.59 Å². The molecule has 0 bridgehead atoms. The Bertz CT molecular complexity index is 752. The summed E-state index contributed by atoms with van der Waals surface area (Å²) in [6.07, 6.45) is 2.46. The van der Waals surface area contributed by atoms with Crippen LogP contribution in [0.15, 0.2) is 6.07 Å². The Morgan fingerprint density at radius 1 is 1.09 bits per heavy atom. The van der Waals surface area contributed by atoms with E-state index in [0.717, 1.165) is 23.3 Å². The Kier molecular flexibility index (Phi) is 18.0. The van der Waals surface area contributed by atoms with Crippen molar-refractivity contribution in [3.8, 4) is 0 Å². The van der Waals surface area contributed by atoms with Gasteiger partial charge in [0.2, 0.25) is 0 Å². The molecular formula is C27H50O6S. The van der Waals surface area contributed by atoms with E-state index in [1.165, 1.54) is 18.4 Å². The summed E-state index contributed by atoms with van der Waals surface area (Å²) >= 11 is 1.43. The van der Waals surface area contributed by atoms with Crippen molar-refractivity contribution in [2.75, 3.05) is 13.7 Å². The summed E-state index contributed by atoms with van der Waals surface area (Å²) in [4.78, 5) is 38.5. The van der Waals surface area contributed by atoms with Gasteiger partial charge in [0.1, 0.15) is 17.6 Å². The molecule has 34 heavy (non-hydrogen) atoms. The zero-order valence-electron chi connectivity index (χ0n) is 20.2. The number of carbonyl (C=O) groups is 3. The van der Waals surface area contributed by atoms with Gasteiger partial charge in [-0.15, -0.1) is 11.3 Å². The van der Waals surface area contributed by atoms with Gasteiger partial charge in [-0.25, -0.2) is 4.79 Å². The first kappa shape index (κ1) is 36.7. The Balaban J connectivity index is -0.00000320. The van der Waals surface area contributed by atoms with Crippen molar-refractivity contribution < 1.29 is 28.6 Å². The smallest absolute Gasteiger partial charge is 0.348 e. The van der Waals surface area contributed by atoms with Crippen LogP contribution in [0.1, 0.15) is 103 Å². The minimum absolute atomic E-state index is 0. The van der Waals surface area contributed by atoms with Crippen LogP contribution in [0.25, 0.3) is 0 Å². The number of thiophene rings is 1. The van der Waals surface area contributed by atoms with E-state index in [1.807, 2.05) is 40.7 Å². The molecule has 0 amide bonds. The van der Waals surface area contributed by atoms with Gasteiger partial charge in [0.25, 0.3) is 0 Å². The second kappa shape index (κ2) is 16.7. The van der Waals surface area contributed by atoms with Crippen LogP contribution < -0.4 is 0 Å². The maximum absolute atomic E-state index is 12.6. The highest BCUT2D eigenvalue weighted by Crippen LogP contribution is 2.31. The highest BCUT2D eigenvalue weighted by Gasteiger charge is 2.33. The van der Waals surface area contributed by atoms with Crippen LogP contribution in [0.5, 0.6) is 0 Å². The van der Waals surface area contributed by atoms with E-state index in [-0.39, 0.29) is 58.6 Å². The Hall–Kier alpha value is -1.89. The van der Waals surface area contributed by atoms with Crippen molar-refractivity contribution in [1.82, 2.24) is 0 Å². The van der Waals surface area contributed by atoms with Crippen LogP contribution in [-0.2, 0) is 30.2 Å². The molecule has 0 aliphatic rings. The molecule has 0 aliphatic heterocycles. The van der Waals surface area contributed by atoms with Crippen molar-refractivity contribution in [3.05, 3.63) is 21.4 Å². The van der Waals surface area contributed by atoms with Gasteiger partial charge in [-0.05, 0) is 64.5 Å². The van der Waals surface area contributed by atoms with Gasteiger partial charge in [0, 0.05) is 4.88 Å². The Morgan fingerprint density at radius 2 is 1.68 bits per heavy atom. The van der Waals surface area contributed by atoms with E-state index < -0.39 is 11.5 Å². The number of carbonyl (C=O) groups excluding carboxylic acids is 3. The van der Waals surface area contributed by atoms with Crippen LogP contribution in [0.4, 0.5) is 0 Å². The molecule has 6 nitrogen and oxygen atoms in total. The fourth-order valence-electron chi connectivity index (χ4n) is 3.79. The fraction of sp³-hybridized carbons (Fsp3) is 0.741. The van der Waals surface area contributed by atoms with E-state index in [9.17, 15) is 14.4 Å². The molecule has 1 aromatic rings. The van der Waals surface area contributed by atoms with Crippen molar-refractivity contribution in [2.24, 2.45) is 17.3 Å². The van der Waals surface area contributed by atoms with E-state index >= 15 is 0 Å². The monoisotopic (exact) mass is 502 g/mol.